The van der Waals surface area contributed by atoms with Crippen molar-refractivity contribution in [3.05, 3.63) is 74.0 Å². The Balaban J connectivity index is 1.80. The van der Waals surface area contributed by atoms with Gasteiger partial charge < -0.3 is 10.1 Å². The zero-order chi connectivity index (χ0) is 21.7. The third-order valence-corrected chi connectivity index (χ3v) is 6.10. The normalized spacial score (nSPS) is 11.7. The van der Waals surface area contributed by atoms with Gasteiger partial charge in [0.2, 0.25) is 5.91 Å². The fourth-order valence-corrected chi connectivity index (χ4v) is 4.52. The number of carbonyl (C=O) groups is 2. The summed E-state index contributed by atoms with van der Waals surface area (Å²) in [5.74, 6) is -0.546. The Morgan fingerprint density at radius 2 is 1.90 bits per heavy atom. The predicted octanol–water partition coefficient (Wildman–Crippen LogP) is 5.15. The second-order valence-electron chi connectivity index (χ2n) is 7.00. The average Bonchev–Trinajstić information content (AvgIpc) is 3.07. The van der Waals surface area contributed by atoms with Crippen LogP contribution in [0.15, 0.2) is 53.0 Å². The molecule has 0 saturated heterocycles. The Bertz CT molecular complexity index is 1050. The summed E-state index contributed by atoms with van der Waals surface area (Å²) in [5.41, 5.74) is 3.83. The van der Waals surface area contributed by atoms with Crippen molar-refractivity contribution in [1.29, 1.82) is 0 Å². The van der Waals surface area contributed by atoms with Gasteiger partial charge in [0.15, 0.2) is 0 Å². The summed E-state index contributed by atoms with van der Waals surface area (Å²) in [7, 11) is 1.34. The molecule has 1 heterocycles. The average molecular weight is 487 g/mol. The van der Waals surface area contributed by atoms with Crippen LogP contribution in [0.25, 0.3) is 11.3 Å². The first kappa shape index (κ1) is 22.2. The maximum atomic E-state index is 12.9. The number of hydrogen-bond donors (Lipinski definition) is 1. The molecule has 0 aliphatic heterocycles. The van der Waals surface area contributed by atoms with Gasteiger partial charge in [-0.25, -0.2) is 4.98 Å². The van der Waals surface area contributed by atoms with E-state index in [0.29, 0.717) is 0 Å². The van der Waals surface area contributed by atoms with Gasteiger partial charge in [0, 0.05) is 14.9 Å². The Morgan fingerprint density at radius 3 is 2.57 bits per heavy atom. The van der Waals surface area contributed by atoms with Crippen molar-refractivity contribution in [2.75, 3.05) is 7.11 Å². The molecule has 3 aromatic rings. The number of methoxy groups -OCH3 is 1. The first-order valence-corrected chi connectivity index (χ1v) is 11.1. The van der Waals surface area contributed by atoms with Crippen LogP contribution in [0.4, 0.5) is 0 Å². The second-order valence-corrected chi connectivity index (χ2v) is 9.21. The van der Waals surface area contributed by atoms with Gasteiger partial charge in [-0.1, -0.05) is 57.9 Å². The van der Waals surface area contributed by atoms with Crippen molar-refractivity contribution in [2.45, 2.75) is 32.7 Å². The number of aromatic nitrogens is 1. The molecule has 0 bridgehead atoms. The summed E-state index contributed by atoms with van der Waals surface area (Å²) < 4.78 is 5.69. The molecule has 0 radical (unpaired) electrons. The maximum Gasteiger partial charge on any atom is 0.307 e. The van der Waals surface area contributed by atoms with Crippen LogP contribution in [0, 0.1) is 13.8 Å². The molecule has 1 unspecified atom stereocenters. The van der Waals surface area contributed by atoms with E-state index in [9.17, 15) is 9.59 Å². The minimum atomic E-state index is -0.473. The highest BCUT2D eigenvalue weighted by atomic mass is 79.9. The Morgan fingerprint density at radius 1 is 1.17 bits per heavy atom. The first-order valence-electron chi connectivity index (χ1n) is 9.50. The van der Waals surface area contributed by atoms with Gasteiger partial charge in [0.25, 0.3) is 0 Å². The molecule has 1 amide bonds. The fraction of sp³-hybridized carbons (Fsp3) is 0.261. The number of amides is 1. The lowest BCUT2D eigenvalue weighted by atomic mass is 10.0. The van der Waals surface area contributed by atoms with Gasteiger partial charge in [0.05, 0.1) is 36.7 Å². The van der Waals surface area contributed by atoms with E-state index in [1.165, 1.54) is 24.0 Å². The van der Waals surface area contributed by atoms with Crippen LogP contribution >= 0.6 is 27.3 Å². The fourth-order valence-electron chi connectivity index (χ4n) is 3.14. The first-order chi connectivity index (χ1) is 14.4. The highest BCUT2D eigenvalue weighted by molar-refractivity contribution is 9.10. The molecule has 1 atom stereocenters. The zero-order valence-corrected chi connectivity index (χ0v) is 19.5. The minimum absolute atomic E-state index is 0.0607. The van der Waals surface area contributed by atoms with Crippen molar-refractivity contribution in [3.8, 4) is 11.3 Å². The molecule has 156 valence electrons. The van der Waals surface area contributed by atoms with Gasteiger partial charge in [-0.15, -0.1) is 11.3 Å². The van der Waals surface area contributed by atoms with Crippen LogP contribution in [0.2, 0.25) is 0 Å². The van der Waals surface area contributed by atoms with Gasteiger partial charge in [-0.3, -0.25) is 9.59 Å². The lowest BCUT2D eigenvalue weighted by molar-refractivity contribution is -0.141. The standard InChI is InChI=1S/C23H23BrN2O3S/c1-14-7-9-16(10-8-14)23-20(30-15(2)25-23)13-21(27)26-19(12-22(28)29-3)17-5-4-6-18(24)11-17/h4-11,19H,12-13H2,1-3H3,(H,26,27). The number of hydrogen-bond acceptors (Lipinski definition) is 5. The Hall–Kier alpha value is -2.51. The molecule has 0 aliphatic rings. The van der Waals surface area contributed by atoms with E-state index in [0.717, 1.165) is 31.2 Å². The number of aryl methyl sites for hydroxylation is 2. The number of benzene rings is 2. The van der Waals surface area contributed by atoms with Crippen LogP contribution in [0.3, 0.4) is 0 Å². The number of ether oxygens (including phenoxy) is 1. The van der Waals surface area contributed by atoms with Crippen LogP contribution < -0.4 is 5.32 Å². The summed E-state index contributed by atoms with van der Waals surface area (Å²) in [6.07, 6.45) is 0.256. The van der Waals surface area contributed by atoms with E-state index in [1.54, 1.807) is 0 Å². The maximum absolute atomic E-state index is 12.9. The van der Waals surface area contributed by atoms with Crippen LogP contribution in [0.5, 0.6) is 0 Å². The lowest BCUT2D eigenvalue weighted by Crippen LogP contribution is -2.31. The topological polar surface area (TPSA) is 68.3 Å². The van der Waals surface area contributed by atoms with E-state index in [4.69, 9.17) is 4.74 Å². The molecule has 3 rings (SSSR count). The van der Waals surface area contributed by atoms with E-state index in [2.05, 4.69) is 26.2 Å². The van der Waals surface area contributed by atoms with E-state index in [-0.39, 0.29) is 24.7 Å². The summed E-state index contributed by atoms with van der Waals surface area (Å²) in [6, 6.07) is 15.2. The van der Waals surface area contributed by atoms with Crippen molar-refractivity contribution in [2.24, 2.45) is 0 Å². The molecule has 2 aromatic carbocycles. The number of nitrogens with zero attached hydrogens (tertiary/aromatic N) is 1. The number of rotatable bonds is 7. The largest absolute Gasteiger partial charge is 0.469 e. The summed E-state index contributed by atoms with van der Waals surface area (Å²) in [5, 5.41) is 3.90. The van der Waals surface area contributed by atoms with Crippen molar-refractivity contribution >= 4 is 39.1 Å². The van der Waals surface area contributed by atoms with Gasteiger partial charge in [-0.2, -0.15) is 0 Å². The SMILES string of the molecule is COC(=O)CC(NC(=O)Cc1sc(C)nc1-c1ccc(C)cc1)c1cccc(Br)c1. The molecule has 0 spiro atoms. The summed E-state index contributed by atoms with van der Waals surface area (Å²) in [4.78, 5) is 30.3. The van der Waals surface area contributed by atoms with Crippen LogP contribution in [-0.4, -0.2) is 24.0 Å². The smallest absolute Gasteiger partial charge is 0.307 e. The zero-order valence-electron chi connectivity index (χ0n) is 17.1. The van der Waals surface area contributed by atoms with Crippen LogP contribution in [0.1, 0.15) is 33.5 Å². The Labute approximate surface area is 188 Å². The second kappa shape index (κ2) is 10.00. The van der Waals surface area contributed by atoms with E-state index in [1.807, 2.05) is 62.4 Å². The van der Waals surface area contributed by atoms with Gasteiger partial charge in [-0.05, 0) is 31.5 Å². The number of halogens is 1. The molecular formula is C23H23BrN2O3S. The molecule has 0 fully saturated rings. The number of esters is 1. The molecule has 1 N–H and O–H groups in total. The number of carbonyl (C=O) groups excluding carboxylic acids is 2. The van der Waals surface area contributed by atoms with Crippen molar-refractivity contribution < 1.29 is 14.3 Å². The summed E-state index contributed by atoms with van der Waals surface area (Å²) >= 11 is 4.96. The van der Waals surface area contributed by atoms with Crippen molar-refractivity contribution in [1.82, 2.24) is 10.3 Å². The predicted molar refractivity (Wildman–Crippen MR) is 122 cm³/mol. The monoisotopic (exact) mass is 486 g/mol. The van der Waals surface area contributed by atoms with E-state index >= 15 is 0 Å². The van der Waals surface area contributed by atoms with Crippen LogP contribution in [-0.2, 0) is 20.7 Å². The molecular weight excluding hydrogens is 464 g/mol. The molecule has 1 aromatic heterocycles. The molecule has 5 nitrogen and oxygen atoms in total. The quantitative estimate of drug-likeness (QED) is 0.468. The third-order valence-electron chi connectivity index (χ3n) is 4.64. The molecule has 0 aliphatic carbocycles. The molecule has 0 saturated carbocycles. The lowest BCUT2D eigenvalue weighted by Gasteiger charge is -2.18. The molecule has 30 heavy (non-hydrogen) atoms. The van der Waals surface area contributed by atoms with Gasteiger partial charge in [0.1, 0.15) is 0 Å². The number of nitrogens with one attached hydrogen (secondary N) is 1. The van der Waals surface area contributed by atoms with Gasteiger partial charge >= 0.3 is 5.97 Å². The highest BCUT2D eigenvalue weighted by Gasteiger charge is 2.21. The number of thiazole rings is 1. The third kappa shape index (κ3) is 5.77. The van der Waals surface area contributed by atoms with E-state index < -0.39 is 6.04 Å². The summed E-state index contributed by atoms with van der Waals surface area (Å²) in [6.45, 7) is 3.97. The molecule has 7 heteroatoms. The highest BCUT2D eigenvalue weighted by Crippen LogP contribution is 2.29. The Kier molecular flexibility index (Phi) is 7.39. The van der Waals surface area contributed by atoms with Crippen molar-refractivity contribution in [3.63, 3.8) is 0 Å². The minimum Gasteiger partial charge on any atom is -0.469 e.